The number of aromatic nitrogens is 4. The highest BCUT2D eigenvalue weighted by Crippen LogP contribution is 2.43. The van der Waals surface area contributed by atoms with Crippen molar-refractivity contribution in [3.05, 3.63) is 72.3 Å². The lowest BCUT2D eigenvalue weighted by molar-refractivity contribution is 0.0845. The van der Waals surface area contributed by atoms with E-state index in [1.54, 1.807) is 13.3 Å². The van der Waals surface area contributed by atoms with Crippen molar-refractivity contribution < 1.29 is 14.0 Å². The predicted molar refractivity (Wildman–Crippen MR) is 148 cm³/mol. The maximum absolute atomic E-state index is 12.5. The first-order chi connectivity index (χ1) is 17.9. The number of aryl methyl sites for hydroxylation is 1. The molecule has 0 unspecified atom stereocenters. The van der Waals surface area contributed by atoms with Gasteiger partial charge in [0.05, 0.1) is 17.4 Å². The van der Waals surface area contributed by atoms with E-state index in [4.69, 9.17) is 14.5 Å². The number of pyridine rings is 2. The SMILES string of the molecule is Cc1cc(-c2c(C3CCOCC3)nc(Oc3ccc(P(C)(C)=O)cc3)c3cc4[nH]ncc4cc23)ccn1. The number of benzene rings is 2. The molecule has 7 nitrogen and oxygen atoms in total. The zero-order valence-electron chi connectivity index (χ0n) is 21.2. The molecular weight excluding hydrogens is 483 g/mol. The first-order valence-corrected chi connectivity index (χ1v) is 15.1. The van der Waals surface area contributed by atoms with Gasteiger partial charge in [-0.25, -0.2) is 4.98 Å². The van der Waals surface area contributed by atoms with Crippen molar-refractivity contribution in [3.63, 3.8) is 0 Å². The predicted octanol–water partition coefficient (Wildman–Crippen LogP) is 6.42. The van der Waals surface area contributed by atoms with Crippen LogP contribution in [0.25, 0.3) is 32.8 Å². The third kappa shape index (κ3) is 4.65. The van der Waals surface area contributed by atoms with Gasteiger partial charge in [-0.3, -0.25) is 10.1 Å². The first-order valence-electron chi connectivity index (χ1n) is 12.5. The molecule has 4 heterocycles. The summed E-state index contributed by atoms with van der Waals surface area (Å²) >= 11 is 0. The summed E-state index contributed by atoms with van der Waals surface area (Å²) in [7, 11) is -2.35. The summed E-state index contributed by atoms with van der Waals surface area (Å²) in [6.45, 7) is 6.98. The molecule has 1 N–H and O–H groups in total. The van der Waals surface area contributed by atoms with Gasteiger partial charge in [-0.1, -0.05) is 0 Å². The number of fused-ring (bicyclic) bond motifs is 2. The van der Waals surface area contributed by atoms with Gasteiger partial charge in [0.15, 0.2) is 0 Å². The van der Waals surface area contributed by atoms with Crippen molar-refractivity contribution in [2.45, 2.75) is 25.7 Å². The van der Waals surface area contributed by atoms with Crippen LogP contribution in [-0.2, 0) is 9.30 Å². The van der Waals surface area contributed by atoms with Gasteiger partial charge in [-0.05, 0) is 92.6 Å². The molecule has 37 heavy (non-hydrogen) atoms. The average molecular weight is 513 g/mol. The molecule has 1 aliphatic heterocycles. The lowest BCUT2D eigenvalue weighted by Gasteiger charge is -2.26. The highest BCUT2D eigenvalue weighted by atomic mass is 31.2. The number of hydrogen-bond acceptors (Lipinski definition) is 6. The fourth-order valence-corrected chi connectivity index (χ4v) is 5.94. The summed E-state index contributed by atoms with van der Waals surface area (Å²) < 4.78 is 24.6. The summed E-state index contributed by atoms with van der Waals surface area (Å²) in [5.74, 6) is 1.45. The Labute approximate surface area is 215 Å². The second kappa shape index (κ2) is 9.40. The highest BCUT2D eigenvalue weighted by molar-refractivity contribution is 7.70. The van der Waals surface area contributed by atoms with Crippen LogP contribution in [-0.4, -0.2) is 46.7 Å². The molecule has 188 valence electrons. The molecule has 2 aromatic carbocycles. The van der Waals surface area contributed by atoms with Crippen molar-refractivity contribution in [2.75, 3.05) is 26.5 Å². The van der Waals surface area contributed by atoms with Gasteiger partial charge in [0.25, 0.3) is 0 Å². The molecule has 3 aromatic heterocycles. The second-order valence-electron chi connectivity index (χ2n) is 10.1. The van der Waals surface area contributed by atoms with Gasteiger partial charge in [0.2, 0.25) is 5.88 Å². The van der Waals surface area contributed by atoms with Crippen LogP contribution in [0.5, 0.6) is 11.6 Å². The third-order valence-electron chi connectivity index (χ3n) is 7.02. The Morgan fingerprint density at radius 2 is 1.81 bits per heavy atom. The maximum Gasteiger partial charge on any atom is 0.227 e. The van der Waals surface area contributed by atoms with Gasteiger partial charge in [-0.2, -0.15) is 5.10 Å². The summed E-state index contributed by atoms with van der Waals surface area (Å²) in [6.07, 6.45) is 5.50. The molecule has 0 spiro atoms. The van der Waals surface area contributed by atoms with Crippen molar-refractivity contribution in [1.29, 1.82) is 0 Å². The number of nitrogens with zero attached hydrogens (tertiary/aromatic N) is 3. The Balaban J connectivity index is 1.59. The molecule has 1 fully saturated rings. The molecule has 0 saturated carbocycles. The van der Waals surface area contributed by atoms with E-state index in [1.165, 1.54) is 0 Å². The number of aromatic amines is 1. The second-order valence-corrected chi connectivity index (χ2v) is 13.3. The highest BCUT2D eigenvalue weighted by Gasteiger charge is 2.26. The monoisotopic (exact) mass is 512 g/mol. The van der Waals surface area contributed by atoms with Crippen LogP contribution >= 0.6 is 7.14 Å². The number of rotatable bonds is 5. The third-order valence-corrected chi connectivity index (χ3v) is 8.56. The van der Waals surface area contributed by atoms with Crippen LogP contribution in [0.2, 0.25) is 0 Å². The molecule has 6 rings (SSSR count). The number of nitrogens with one attached hydrogen (secondary N) is 1. The molecular formula is C29H29N4O3P. The van der Waals surface area contributed by atoms with E-state index in [1.807, 2.05) is 43.6 Å². The standard InChI is InChI=1S/C29H29N4O3P/c1-18-14-20(8-11-30-18)27-24-15-21-17-31-33-26(21)16-25(24)29(32-28(27)19-9-12-35-13-10-19)36-22-4-6-23(7-5-22)37(2,3)34/h4-8,11,14-17,19H,9-10,12-13H2,1-3H3,(H,31,33). The molecule has 8 heteroatoms. The number of hydrogen-bond donors (Lipinski definition) is 1. The number of H-pyrrole nitrogens is 1. The van der Waals surface area contributed by atoms with E-state index in [9.17, 15) is 4.57 Å². The molecule has 1 saturated heterocycles. The zero-order valence-corrected chi connectivity index (χ0v) is 22.1. The largest absolute Gasteiger partial charge is 0.438 e. The lowest BCUT2D eigenvalue weighted by atomic mass is 9.87. The van der Waals surface area contributed by atoms with Crippen LogP contribution in [0.1, 0.15) is 30.1 Å². The van der Waals surface area contributed by atoms with E-state index in [0.717, 1.165) is 62.3 Å². The normalized spacial score (nSPS) is 14.9. The number of ether oxygens (including phenoxy) is 2. The van der Waals surface area contributed by atoms with E-state index >= 15 is 0 Å². The fraction of sp³-hybridized carbons (Fsp3) is 0.276. The van der Waals surface area contributed by atoms with Crippen LogP contribution in [0.4, 0.5) is 0 Å². The van der Waals surface area contributed by atoms with Crippen LogP contribution in [0, 0.1) is 6.92 Å². The zero-order chi connectivity index (χ0) is 25.6. The van der Waals surface area contributed by atoms with Crippen molar-refractivity contribution in [2.24, 2.45) is 0 Å². The summed E-state index contributed by atoms with van der Waals surface area (Å²) in [4.78, 5) is 9.63. The summed E-state index contributed by atoms with van der Waals surface area (Å²) in [6, 6.07) is 15.9. The molecule has 5 aromatic rings. The molecule has 0 radical (unpaired) electrons. The lowest BCUT2D eigenvalue weighted by Crippen LogP contribution is -2.16. The molecule has 1 aliphatic rings. The first kappa shape index (κ1) is 23.8. The Bertz CT molecular complexity index is 1650. The van der Waals surface area contributed by atoms with E-state index in [2.05, 4.69) is 39.4 Å². The topological polar surface area (TPSA) is 90.0 Å². The van der Waals surface area contributed by atoms with Gasteiger partial charge in [0, 0.05) is 52.7 Å². The van der Waals surface area contributed by atoms with Crippen LogP contribution < -0.4 is 10.0 Å². The summed E-state index contributed by atoms with van der Waals surface area (Å²) in [5, 5.41) is 11.2. The minimum Gasteiger partial charge on any atom is -0.438 e. The van der Waals surface area contributed by atoms with Gasteiger partial charge in [-0.15, -0.1) is 0 Å². The molecule has 0 atom stereocenters. The van der Waals surface area contributed by atoms with Gasteiger partial charge < -0.3 is 14.0 Å². The smallest absolute Gasteiger partial charge is 0.227 e. The van der Waals surface area contributed by atoms with Crippen LogP contribution in [0.3, 0.4) is 0 Å². The van der Waals surface area contributed by atoms with Crippen molar-refractivity contribution in [3.8, 4) is 22.8 Å². The quantitative estimate of drug-likeness (QED) is 0.274. The van der Waals surface area contributed by atoms with E-state index < -0.39 is 7.14 Å². The van der Waals surface area contributed by atoms with Gasteiger partial charge in [0.1, 0.15) is 12.9 Å². The minimum atomic E-state index is -2.35. The maximum atomic E-state index is 12.5. The summed E-state index contributed by atoms with van der Waals surface area (Å²) in [5.41, 5.74) is 5.09. The van der Waals surface area contributed by atoms with Crippen LogP contribution in [0.15, 0.2) is 60.9 Å². The molecule has 0 amide bonds. The fourth-order valence-electron chi connectivity index (χ4n) is 5.07. The van der Waals surface area contributed by atoms with Gasteiger partial charge >= 0.3 is 0 Å². The molecule has 0 aliphatic carbocycles. The minimum absolute atomic E-state index is 0.248. The van der Waals surface area contributed by atoms with Crippen molar-refractivity contribution >= 4 is 34.1 Å². The van der Waals surface area contributed by atoms with E-state index in [-0.39, 0.29) is 5.92 Å². The average Bonchev–Trinajstić information content (AvgIpc) is 3.35. The Morgan fingerprint density at radius 1 is 1.03 bits per heavy atom. The molecule has 0 bridgehead atoms. The Kier molecular flexibility index (Phi) is 6.06. The Hall–Kier alpha value is -3.54. The van der Waals surface area contributed by atoms with E-state index in [0.29, 0.717) is 24.8 Å². The van der Waals surface area contributed by atoms with Crippen molar-refractivity contribution in [1.82, 2.24) is 20.2 Å². The Morgan fingerprint density at radius 3 is 2.54 bits per heavy atom.